The summed E-state index contributed by atoms with van der Waals surface area (Å²) in [6, 6.07) is 10.1. The molecule has 2 aromatic rings. The van der Waals surface area contributed by atoms with Crippen molar-refractivity contribution in [2.75, 3.05) is 19.8 Å². The Morgan fingerprint density at radius 2 is 1.67 bits per heavy atom. The van der Waals surface area contributed by atoms with Crippen molar-refractivity contribution in [1.82, 2.24) is 0 Å². The minimum atomic E-state index is 0.227. The Labute approximate surface area is 155 Å². The van der Waals surface area contributed by atoms with Crippen LogP contribution in [0.15, 0.2) is 30.3 Å². The van der Waals surface area contributed by atoms with Crippen LogP contribution in [-0.4, -0.2) is 19.8 Å². The lowest BCUT2D eigenvalue weighted by Gasteiger charge is -2.14. The summed E-state index contributed by atoms with van der Waals surface area (Å²) in [4.78, 5) is 0. The van der Waals surface area contributed by atoms with Crippen LogP contribution in [0.5, 0.6) is 17.2 Å². The van der Waals surface area contributed by atoms with Gasteiger partial charge < -0.3 is 14.2 Å². The molecule has 2 rings (SSSR count). The van der Waals surface area contributed by atoms with E-state index >= 15 is 0 Å². The topological polar surface area (TPSA) is 51.5 Å². The number of halogens is 3. The molecular formula is C17H14Cl3NO3. The molecular weight excluding hydrogens is 373 g/mol. The van der Waals surface area contributed by atoms with Crippen LogP contribution in [0.25, 0.3) is 0 Å². The van der Waals surface area contributed by atoms with Gasteiger partial charge in [-0.3, -0.25) is 0 Å². The maximum absolute atomic E-state index is 8.98. The maximum atomic E-state index is 8.98. The second kappa shape index (κ2) is 8.89. The Morgan fingerprint density at radius 1 is 0.917 bits per heavy atom. The van der Waals surface area contributed by atoms with E-state index in [4.69, 9.17) is 54.3 Å². The molecule has 0 fully saturated rings. The Morgan fingerprint density at radius 3 is 2.33 bits per heavy atom. The number of benzene rings is 2. The van der Waals surface area contributed by atoms with Crippen LogP contribution < -0.4 is 14.2 Å². The summed E-state index contributed by atoms with van der Waals surface area (Å²) in [7, 11) is 0. The number of ether oxygens (including phenoxy) is 3. The summed E-state index contributed by atoms with van der Waals surface area (Å²) in [5, 5.41) is 10.3. The lowest BCUT2D eigenvalue weighted by atomic mass is 10.2. The fraction of sp³-hybridized carbons (Fsp3) is 0.235. The fourth-order valence-electron chi connectivity index (χ4n) is 1.92. The molecule has 0 heterocycles. The Balaban J connectivity index is 2.00. The Hall–Kier alpha value is -1.80. The van der Waals surface area contributed by atoms with E-state index in [2.05, 4.69) is 0 Å². The van der Waals surface area contributed by atoms with E-state index < -0.39 is 0 Å². The number of hydrogen-bond acceptors (Lipinski definition) is 4. The molecule has 2 aromatic carbocycles. The highest BCUT2D eigenvalue weighted by Crippen LogP contribution is 2.36. The van der Waals surface area contributed by atoms with Crippen molar-refractivity contribution in [2.45, 2.75) is 6.92 Å². The van der Waals surface area contributed by atoms with Crippen LogP contribution >= 0.6 is 34.8 Å². The van der Waals surface area contributed by atoms with Gasteiger partial charge in [-0.1, -0.05) is 34.8 Å². The molecule has 0 aliphatic heterocycles. The largest absolute Gasteiger partial charge is 0.490 e. The van der Waals surface area contributed by atoms with Gasteiger partial charge in [0.25, 0.3) is 0 Å². The molecule has 0 aliphatic carbocycles. The zero-order valence-corrected chi connectivity index (χ0v) is 15.1. The van der Waals surface area contributed by atoms with Gasteiger partial charge in [-0.05, 0) is 31.2 Å². The van der Waals surface area contributed by atoms with Gasteiger partial charge in [0.15, 0.2) is 11.5 Å². The van der Waals surface area contributed by atoms with Crippen LogP contribution in [0.2, 0.25) is 15.1 Å². The second-order valence-corrected chi connectivity index (χ2v) is 5.85. The van der Waals surface area contributed by atoms with Gasteiger partial charge in [0.1, 0.15) is 19.0 Å². The van der Waals surface area contributed by atoms with Gasteiger partial charge in [-0.2, -0.15) is 5.26 Å². The van der Waals surface area contributed by atoms with Crippen molar-refractivity contribution in [3.63, 3.8) is 0 Å². The molecule has 0 saturated carbocycles. The van der Waals surface area contributed by atoms with Gasteiger partial charge >= 0.3 is 0 Å². The predicted octanol–water partition coefficient (Wildman–Crippen LogP) is 5.37. The van der Waals surface area contributed by atoms with E-state index in [1.54, 1.807) is 24.3 Å². The lowest BCUT2D eigenvalue weighted by molar-refractivity contribution is 0.208. The van der Waals surface area contributed by atoms with Crippen molar-refractivity contribution in [2.24, 2.45) is 0 Å². The predicted molar refractivity (Wildman–Crippen MR) is 94.8 cm³/mol. The summed E-state index contributed by atoms with van der Waals surface area (Å²) in [6.07, 6.45) is 0. The molecule has 0 radical (unpaired) electrons. The molecule has 0 atom stereocenters. The van der Waals surface area contributed by atoms with E-state index in [1.807, 2.05) is 13.0 Å². The highest BCUT2D eigenvalue weighted by Gasteiger charge is 2.13. The Kier molecular flexibility index (Phi) is 6.86. The monoisotopic (exact) mass is 385 g/mol. The van der Waals surface area contributed by atoms with Gasteiger partial charge in [-0.15, -0.1) is 0 Å². The molecule has 24 heavy (non-hydrogen) atoms. The summed E-state index contributed by atoms with van der Waals surface area (Å²) >= 11 is 18.0. The van der Waals surface area contributed by atoms with E-state index in [1.165, 1.54) is 6.07 Å². The molecule has 126 valence electrons. The second-order valence-electron chi connectivity index (χ2n) is 4.60. The third-order valence-corrected chi connectivity index (χ3v) is 3.73. The highest BCUT2D eigenvalue weighted by atomic mass is 35.5. The zero-order valence-electron chi connectivity index (χ0n) is 12.8. The standard InChI is InChI=1S/C17H14Cl3NO3/c1-2-22-16-8-11(10-21)7-14(20)17(16)24-6-5-23-15-4-3-12(18)9-13(15)19/h3-4,7-9H,2,5-6H2,1H3. The van der Waals surface area contributed by atoms with E-state index in [9.17, 15) is 0 Å². The third kappa shape index (κ3) is 4.85. The van der Waals surface area contributed by atoms with Crippen molar-refractivity contribution >= 4 is 34.8 Å². The number of rotatable bonds is 7. The average molecular weight is 387 g/mol. The average Bonchev–Trinajstić information content (AvgIpc) is 2.55. The minimum Gasteiger partial charge on any atom is -0.490 e. The van der Waals surface area contributed by atoms with Crippen molar-refractivity contribution in [1.29, 1.82) is 5.26 Å². The molecule has 0 amide bonds. The first kappa shape index (κ1) is 18.5. The van der Waals surface area contributed by atoms with E-state index in [0.29, 0.717) is 44.5 Å². The maximum Gasteiger partial charge on any atom is 0.179 e. The number of hydrogen-bond donors (Lipinski definition) is 0. The first-order valence-corrected chi connectivity index (χ1v) is 8.25. The van der Waals surface area contributed by atoms with Crippen LogP contribution in [0.1, 0.15) is 12.5 Å². The molecule has 0 aromatic heterocycles. The summed E-state index contributed by atoms with van der Waals surface area (Å²) in [6.45, 7) is 2.74. The quantitative estimate of drug-likeness (QED) is 0.600. The molecule has 0 saturated heterocycles. The SMILES string of the molecule is CCOc1cc(C#N)cc(Cl)c1OCCOc1ccc(Cl)cc1Cl. The normalized spacial score (nSPS) is 10.1. The molecule has 0 N–H and O–H groups in total. The van der Waals surface area contributed by atoms with Crippen LogP contribution in [0.3, 0.4) is 0 Å². The van der Waals surface area contributed by atoms with Crippen molar-refractivity contribution in [3.8, 4) is 23.3 Å². The van der Waals surface area contributed by atoms with Gasteiger partial charge in [0.2, 0.25) is 0 Å². The molecule has 0 aliphatic rings. The summed E-state index contributed by atoms with van der Waals surface area (Å²) in [5.74, 6) is 1.31. The summed E-state index contributed by atoms with van der Waals surface area (Å²) in [5.41, 5.74) is 0.403. The molecule has 7 heteroatoms. The van der Waals surface area contributed by atoms with E-state index in [0.717, 1.165) is 0 Å². The van der Waals surface area contributed by atoms with Crippen LogP contribution in [0, 0.1) is 11.3 Å². The van der Waals surface area contributed by atoms with Crippen molar-refractivity contribution < 1.29 is 14.2 Å². The van der Waals surface area contributed by atoms with Crippen LogP contribution in [-0.2, 0) is 0 Å². The zero-order chi connectivity index (χ0) is 17.5. The smallest absolute Gasteiger partial charge is 0.179 e. The van der Waals surface area contributed by atoms with Gasteiger partial charge in [0, 0.05) is 11.1 Å². The van der Waals surface area contributed by atoms with Gasteiger partial charge in [-0.25, -0.2) is 0 Å². The minimum absolute atomic E-state index is 0.227. The molecule has 0 bridgehead atoms. The van der Waals surface area contributed by atoms with Gasteiger partial charge in [0.05, 0.1) is 28.3 Å². The highest BCUT2D eigenvalue weighted by molar-refractivity contribution is 6.35. The van der Waals surface area contributed by atoms with E-state index in [-0.39, 0.29) is 13.2 Å². The number of nitriles is 1. The fourth-order valence-corrected chi connectivity index (χ4v) is 2.65. The van der Waals surface area contributed by atoms with Crippen molar-refractivity contribution in [3.05, 3.63) is 51.0 Å². The summed E-state index contributed by atoms with van der Waals surface area (Å²) < 4.78 is 16.7. The molecule has 4 nitrogen and oxygen atoms in total. The first-order valence-electron chi connectivity index (χ1n) is 7.12. The molecule has 0 spiro atoms. The lowest BCUT2D eigenvalue weighted by Crippen LogP contribution is -2.10. The third-order valence-electron chi connectivity index (χ3n) is 2.92. The molecule has 0 unspecified atom stereocenters. The van der Waals surface area contributed by atoms with Crippen LogP contribution in [0.4, 0.5) is 0 Å². The Bertz CT molecular complexity index is 759. The first-order chi connectivity index (χ1) is 11.5. The number of nitrogens with zero attached hydrogens (tertiary/aromatic N) is 1.